The molecular formula is C19H25F2N5O13P2S. The van der Waals surface area contributed by atoms with E-state index in [0.29, 0.717) is 0 Å². The first-order chi connectivity index (χ1) is 19.5. The Hall–Kier alpha value is -1.83. The van der Waals surface area contributed by atoms with Crippen LogP contribution >= 0.6 is 14.5 Å². The molecule has 4 rings (SSSR count). The predicted molar refractivity (Wildman–Crippen MR) is 135 cm³/mol. The molecule has 0 aliphatic carbocycles. The molecule has 2 aromatic heterocycles. The first-order valence-corrected chi connectivity index (χ1v) is 15.7. The molecule has 0 radical (unpaired) electrons. The second kappa shape index (κ2) is 12.3. The number of aliphatic hydroxyl groups is 5. The van der Waals surface area contributed by atoms with Gasteiger partial charge in [-0.3, -0.25) is 9.09 Å². The average molecular weight is 663 g/mol. The van der Waals surface area contributed by atoms with Crippen molar-refractivity contribution >= 4 is 43.3 Å². The van der Waals surface area contributed by atoms with E-state index in [-0.39, 0.29) is 17.0 Å². The lowest BCUT2D eigenvalue weighted by Gasteiger charge is -2.41. The summed E-state index contributed by atoms with van der Waals surface area (Å²) in [6, 6.07) is 0. The van der Waals surface area contributed by atoms with Crippen LogP contribution in [0.25, 0.3) is 11.2 Å². The number of aromatic nitrogens is 4. The highest BCUT2D eigenvalue weighted by atomic mass is 32.5. The number of aliphatic hydroxyl groups excluding tert-OH is 5. The molecule has 2 fully saturated rings. The number of hydrogen-bond donors (Lipinski definition) is 8. The van der Waals surface area contributed by atoms with Crippen molar-refractivity contribution in [3.05, 3.63) is 12.7 Å². The van der Waals surface area contributed by atoms with Crippen LogP contribution < -0.4 is 5.73 Å². The number of hydrogen-bond acceptors (Lipinski definition) is 16. The fourth-order valence-electron chi connectivity index (χ4n) is 4.19. The number of nitrogen functional groups attached to an aromatic ring is 1. The van der Waals surface area contributed by atoms with Crippen LogP contribution in [0.3, 0.4) is 0 Å². The summed E-state index contributed by atoms with van der Waals surface area (Å²) in [6.45, 7) is -6.96. The smallest absolute Gasteiger partial charge is 0.393 e. The number of ether oxygens (including phenoxy) is 2. The second-order valence-corrected chi connectivity index (χ2v) is 13.4. The van der Waals surface area contributed by atoms with Gasteiger partial charge in [0.1, 0.15) is 48.5 Å². The Kier molecular flexibility index (Phi) is 9.67. The minimum Gasteiger partial charge on any atom is -0.393 e. The number of nitrogens with two attached hydrogens (primary N) is 1. The molecule has 0 aromatic carbocycles. The van der Waals surface area contributed by atoms with E-state index in [4.69, 9.17) is 31.3 Å². The van der Waals surface area contributed by atoms with Gasteiger partial charge in [-0.15, -0.1) is 6.42 Å². The molecule has 2 aromatic rings. The van der Waals surface area contributed by atoms with Crippen LogP contribution in [0.15, 0.2) is 12.7 Å². The first-order valence-electron chi connectivity index (χ1n) is 11.6. The number of halogens is 2. The zero-order valence-corrected chi connectivity index (χ0v) is 23.5. The van der Waals surface area contributed by atoms with E-state index in [9.17, 15) is 39.2 Å². The Balaban J connectivity index is 1.44. The number of nitrogens with zero attached hydrogens (tertiary/aromatic N) is 4. The lowest BCUT2D eigenvalue weighted by Crippen LogP contribution is -2.60. The van der Waals surface area contributed by atoms with Crippen molar-refractivity contribution in [1.29, 1.82) is 0 Å². The molecule has 2 aliphatic rings. The molecule has 0 spiro atoms. The molecule has 7 unspecified atom stereocenters. The Morgan fingerprint density at radius 2 is 1.90 bits per heavy atom. The highest BCUT2D eigenvalue weighted by Gasteiger charge is 2.58. The summed E-state index contributed by atoms with van der Waals surface area (Å²) < 4.78 is 67.5. The van der Waals surface area contributed by atoms with Gasteiger partial charge in [0.15, 0.2) is 30.2 Å². The maximum atomic E-state index is 15.8. The van der Waals surface area contributed by atoms with Crippen LogP contribution in [-0.4, -0.2) is 123 Å². The Bertz CT molecular complexity index is 1440. The number of phosphoric acid groups is 1. The zero-order valence-electron chi connectivity index (χ0n) is 20.8. The van der Waals surface area contributed by atoms with Gasteiger partial charge in [-0.25, -0.2) is 32.6 Å². The van der Waals surface area contributed by atoms with Crippen LogP contribution in [0.5, 0.6) is 0 Å². The summed E-state index contributed by atoms with van der Waals surface area (Å²) in [4.78, 5) is 32.1. The van der Waals surface area contributed by atoms with E-state index in [1.54, 1.807) is 5.92 Å². The summed E-state index contributed by atoms with van der Waals surface area (Å²) in [5, 5.41) is 49.3. The SMILES string of the molecule is C#C[C@@]1(F)[C@H](O)[C@@H](COP(O)(=S)OP(=O)(O)OC2OC([C@@H](F)CO)C(O)C(O)C2O)O[C@H]1n1cnc2c(N)ncnc21. The topological polar surface area (TPSA) is 274 Å². The molecule has 4 heterocycles. The molecule has 23 heteroatoms. The predicted octanol–water partition coefficient (Wildman–Crippen LogP) is -2.49. The Morgan fingerprint density at radius 1 is 1.21 bits per heavy atom. The molecule has 0 saturated carbocycles. The van der Waals surface area contributed by atoms with E-state index in [2.05, 4.69) is 35.6 Å². The van der Waals surface area contributed by atoms with E-state index < -0.39 is 88.7 Å². The lowest BCUT2D eigenvalue weighted by atomic mass is 9.96. The van der Waals surface area contributed by atoms with Crippen molar-refractivity contribution in [3.8, 4) is 12.3 Å². The summed E-state index contributed by atoms with van der Waals surface area (Å²) >= 11 is 4.67. The number of phosphoric ester groups is 1. The average Bonchev–Trinajstić information content (AvgIpc) is 3.46. The molecule has 234 valence electrons. The van der Waals surface area contributed by atoms with Crippen LogP contribution in [0.1, 0.15) is 6.23 Å². The fourth-order valence-corrected chi connectivity index (χ4v) is 7.29. The van der Waals surface area contributed by atoms with Gasteiger partial charge in [-0.05, 0) is 11.8 Å². The van der Waals surface area contributed by atoms with Gasteiger partial charge in [0.05, 0.1) is 19.5 Å². The van der Waals surface area contributed by atoms with Gasteiger partial charge in [-0.2, -0.15) is 0 Å². The van der Waals surface area contributed by atoms with Gasteiger partial charge < -0.3 is 55.1 Å². The van der Waals surface area contributed by atoms with E-state index >= 15 is 4.39 Å². The zero-order chi connectivity index (χ0) is 31.2. The standard InChI is InChI=1S/C19H25F2N5O13P2S/c1-2-19(21)14(31)8(36-18(19)26-6-25-9-15(22)23-5-24-16(9)26)4-35-41(34,42)39-40(32,33)38-17-12(30)10(28)11(29)13(37-17)7(20)3-27/h1,5-8,10-14,17-18,27-31H,3-4H2,(H,32,33)(H,34,42)(H2,22,23,24)/t7-,8+,10?,11?,12?,13?,14+,17?,18+,19+,41?/m0/s1. The number of rotatable bonds is 10. The maximum Gasteiger partial charge on any atom is 0.481 e. The normalized spacial score (nSPS) is 37.1. The summed E-state index contributed by atoms with van der Waals surface area (Å²) in [6.07, 6.45) is -11.2. The maximum absolute atomic E-state index is 15.8. The van der Waals surface area contributed by atoms with Gasteiger partial charge in [0.2, 0.25) is 5.67 Å². The van der Waals surface area contributed by atoms with Gasteiger partial charge in [0.25, 0.3) is 0 Å². The van der Waals surface area contributed by atoms with Crippen LogP contribution in [0.4, 0.5) is 14.6 Å². The van der Waals surface area contributed by atoms with E-state index in [1.165, 1.54) is 0 Å². The second-order valence-electron chi connectivity index (χ2n) is 9.03. The highest BCUT2D eigenvalue weighted by molar-refractivity contribution is 8.08. The van der Waals surface area contributed by atoms with Crippen LogP contribution in [0, 0.1) is 12.3 Å². The molecule has 0 amide bonds. The summed E-state index contributed by atoms with van der Waals surface area (Å²) in [5.74, 6) is 1.75. The molecule has 12 atom stereocenters. The number of imidazole rings is 1. The Labute approximate surface area is 239 Å². The molecule has 18 nitrogen and oxygen atoms in total. The Morgan fingerprint density at radius 3 is 2.55 bits per heavy atom. The van der Waals surface area contributed by atoms with Crippen molar-refractivity contribution in [3.63, 3.8) is 0 Å². The van der Waals surface area contributed by atoms with Gasteiger partial charge in [-0.1, -0.05) is 5.92 Å². The van der Waals surface area contributed by atoms with Crippen molar-refractivity contribution in [1.82, 2.24) is 19.5 Å². The third-order valence-electron chi connectivity index (χ3n) is 6.29. The number of alkyl halides is 2. The molecule has 2 saturated heterocycles. The summed E-state index contributed by atoms with van der Waals surface area (Å²) in [7, 11) is -5.56. The minimum absolute atomic E-state index is 0.00224. The van der Waals surface area contributed by atoms with Gasteiger partial charge >= 0.3 is 14.5 Å². The van der Waals surface area contributed by atoms with Crippen LogP contribution in [-0.2, 0) is 39.2 Å². The number of anilines is 1. The van der Waals surface area contributed by atoms with Crippen molar-refractivity contribution in [2.24, 2.45) is 0 Å². The fraction of sp³-hybridized carbons (Fsp3) is 0.632. The highest BCUT2D eigenvalue weighted by Crippen LogP contribution is 2.62. The molecular weight excluding hydrogens is 638 g/mol. The lowest BCUT2D eigenvalue weighted by molar-refractivity contribution is -0.287. The first kappa shape index (κ1) is 33.1. The van der Waals surface area contributed by atoms with Crippen molar-refractivity contribution < 1.29 is 71.5 Å². The number of fused-ring (bicyclic) bond motifs is 1. The van der Waals surface area contributed by atoms with Gasteiger partial charge in [0, 0.05) is 0 Å². The third kappa shape index (κ3) is 6.34. The molecule has 9 N–H and O–H groups in total. The van der Waals surface area contributed by atoms with Crippen molar-refractivity contribution in [2.45, 2.75) is 61.0 Å². The van der Waals surface area contributed by atoms with E-state index in [1.807, 2.05) is 0 Å². The van der Waals surface area contributed by atoms with Crippen molar-refractivity contribution in [2.75, 3.05) is 18.9 Å². The minimum atomic E-state index is -5.56. The van der Waals surface area contributed by atoms with E-state index in [0.717, 1.165) is 17.2 Å². The largest absolute Gasteiger partial charge is 0.481 e. The quantitative estimate of drug-likeness (QED) is 0.0964. The summed E-state index contributed by atoms with van der Waals surface area (Å²) in [5.41, 5.74) is 2.88. The molecule has 0 bridgehead atoms. The monoisotopic (exact) mass is 663 g/mol. The van der Waals surface area contributed by atoms with Crippen LogP contribution in [0.2, 0.25) is 0 Å². The third-order valence-corrected chi connectivity index (χ3v) is 9.81. The molecule has 2 aliphatic heterocycles. The molecule has 42 heavy (non-hydrogen) atoms. The number of terminal acetylenes is 1.